The number of fused-ring (bicyclic) bond motifs is 1. The second-order valence-electron chi connectivity index (χ2n) is 6.63. The van der Waals surface area contributed by atoms with Crippen molar-refractivity contribution in [1.82, 2.24) is 15.3 Å². The molecule has 6 heteroatoms. The fraction of sp³-hybridized carbons (Fsp3) is 0.526. The molecule has 2 aromatic rings. The van der Waals surface area contributed by atoms with E-state index >= 15 is 0 Å². The summed E-state index contributed by atoms with van der Waals surface area (Å²) < 4.78 is 0. The van der Waals surface area contributed by atoms with Gasteiger partial charge in [-0.3, -0.25) is 4.79 Å². The van der Waals surface area contributed by atoms with Crippen LogP contribution in [0.4, 0.5) is 5.82 Å². The smallest absolute Gasteiger partial charge is 0.233 e. The molecule has 2 N–H and O–H groups in total. The van der Waals surface area contributed by atoms with Crippen LogP contribution in [-0.4, -0.2) is 34.7 Å². The summed E-state index contributed by atoms with van der Waals surface area (Å²) in [5.41, 5.74) is 0.888. The highest BCUT2D eigenvalue weighted by Crippen LogP contribution is 2.27. The highest BCUT2D eigenvalue weighted by molar-refractivity contribution is 8.00. The monoisotopic (exact) mass is 358 g/mol. The van der Waals surface area contributed by atoms with Crippen LogP contribution in [0.3, 0.4) is 0 Å². The highest BCUT2D eigenvalue weighted by atomic mass is 32.2. The molecule has 134 valence electrons. The summed E-state index contributed by atoms with van der Waals surface area (Å²) in [6, 6.07) is 7.90. The number of carbonyl (C=O) groups is 1. The first-order chi connectivity index (χ1) is 12.2. The lowest BCUT2D eigenvalue weighted by atomic mass is 9.89. The Bertz CT molecular complexity index is 730. The third-order valence-corrected chi connectivity index (χ3v) is 5.72. The Hall–Kier alpha value is -1.82. The van der Waals surface area contributed by atoms with Gasteiger partial charge in [-0.1, -0.05) is 43.2 Å². The van der Waals surface area contributed by atoms with Crippen LogP contribution < -0.4 is 10.6 Å². The van der Waals surface area contributed by atoms with Gasteiger partial charge in [0.15, 0.2) is 5.16 Å². The Labute approximate surface area is 153 Å². The van der Waals surface area contributed by atoms with Gasteiger partial charge in [0.05, 0.1) is 10.8 Å². The van der Waals surface area contributed by atoms with Crippen molar-refractivity contribution in [2.75, 3.05) is 18.9 Å². The van der Waals surface area contributed by atoms with Crippen molar-refractivity contribution in [1.29, 1.82) is 0 Å². The van der Waals surface area contributed by atoms with Gasteiger partial charge < -0.3 is 10.6 Å². The van der Waals surface area contributed by atoms with Crippen LogP contribution in [0.15, 0.2) is 29.4 Å². The summed E-state index contributed by atoms with van der Waals surface area (Å²) in [7, 11) is 1.85. The summed E-state index contributed by atoms with van der Waals surface area (Å²) in [5.74, 6) is 1.50. The zero-order chi connectivity index (χ0) is 17.6. The Morgan fingerprint density at radius 2 is 2.00 bits per heavy atom. The van der Waals surface area contributed by atoms with E-state index in [2.05, 4.69) is 20.6 Å². The fourth-order valence-electron chi connectivity index (χ4n) is 3.29. The van der Waals surface area contributed by atoms with Gasteiger partial charge in [-0.25, -0.2) is 9.97 Å². The van der Waals surface area contributed by atoms with Crippen molar-refractivity contribution in [2.24, 2.45) is 5.92 Å². The summed E-state index contributed by atoms with van der Waals surface area (Å²) in [4.78, 5) is 21.5. The molecule has 1 heterocycles. The van der Waals surface area contributed by atoms with Gasteiger partial charge in [0, 0.05) is 19.0 Å². The van der Waals surface area contributed by atoms with E-state index in [0.717, 1.165) is 23.3 Å². The molecule has 0 radical (unpaired) electrons. The minimum absolute atomic E-state index is 0.0679. The van der Waals surface area contributed by atoms with Crippen LogP contribution in [0.1, 0.15) is 39.0 Å². The molecule has 1 fully saturated rings. The first-order valence-electron chi connectivity index (χ1n) is 9.06. The van der Waals surface area contributed by atoms with E-state index < -0.39 is 0 Å². The Morgan fingerprint density at radius 3 is 2.76 bits per heavy atom. The molecule has 0 spiro atoms. The van der Waals surface area contributed by atoms with Crippen molar-refractivity contribution in [3.05, 3.63) is 24.3 Å². The van der Waals surface area contributed by atoms with Crippen molar-refractivity contribution in [2.45, 2.75) is 49.4 Å². The van der Waals surface area contributed by atoms with Gasteiger partial charge >= 0.3 is 0 Å². The van der Waals surface area contributed by atoms with E-state index in [-0.39, 0.29) is 11.2 Å². The van der Waals surface area contributed by atoms with E-state index in [1.807, 2.05) is 38.2 Å². The number of carbonyl (C=O) groups excluding carboxylic acids is 1. The number of amides is 1. The quantitative estimate of drug-likeness (QED) is 0.606. The summed E-state index contributed by atoms with van der Waals surface area (Å²) in [6.07, 6.45) is 6.40. The predicted molar refractivity (Wildman–Crippen MR) is 104 cm³/mol. The standard InChI is InChI=1S/C19H26N4OS/c1-13(18(24)21-12-14-8-4-3-5-9-14)25-19-22-16-11-7-6-10-15(16)17(20-2)23-19/h6-7,10-11,13-14H,3-5,8-9,12H2,1-2H3,(H,21,24)(H,20,22,23)/t13-/m1/s1. The van der Waals surface area contributed by atoms with Gasteiger partial charge in [0.2, 0.25) is 5.91 Å². The SMILES string of the molecule is CNc1nc(S[C@H](C)C(=O)NCC2CCCCC2)nc2ccccc12. The molecule has 0 aliphatic heterocycles. The molecule has 1 aromatic carbocycles. The van der Waals surface area contributed by atoms with Crippen molar-refractivity contribution in [3.8, 4) is 0 Å². The van der Waals surface area contributed by atoms with Crippen LogP contribution in [0.2, 0.25) is 0 Å². The molecule has 0 saturated heterocycles. The maximum Gasteiger partial charge on any atom is 0.233 e. The molecule has 1 aliphatic carbocycles. The molecule has 0 bridgehead atoms. The number of thioether (sulfide) groups is 1. The fourth-order valence-corrected chi connectivity index (χ4v) is 4.09. The topological polar surface area (TPSA) is 66.9 Å². The molecule has 0 unspecified atom stereocenters. The van der Waals surface area contributed by atoms with Crippen LogP contribution >= 0.6 is 11.8 Å². The molecular weight excluding hydrogens is 332 g/mol. The first kappa shape index (κ1) is 18.0. The van der Waals surface area contributed by atoms with Crippen molar-refractivity contribution < 1.29 is 4.79 Å². The first-order valence-corrected chi connectivity index (χ1v) is 9.94. The van der Waals surface area contributed by atoms with Gasteiger partial charge in [0.25, 0.3) is 0 Å². The molecule has 1 amide bonds. The number of nitrogens with zero attached hydrogens (tertiary/aromatic N) is 2. The number of para-hydroxylation sites is 1. The minimum atomic E-state index is -0.213. The van der Waals surface area contributed by atoms with E-state index in [4.69, 9.17) is 0 Å². The third kappa shape index (κ3) is 4.63. The molecular formula is C19H26N4OS. The van der Waals surface area contributed by atoms with Gasteiger partial charge in [-0.05, 0) is 37.8 Å². The van der Waals surface area contributed by atoms with E-state index in [1.54, 1.807) is 0 Å². The van der Waals surface area contributed by atoms with E-state index in [0.29, 0.717) is 11.1 Å². The summed E-state index contributed by atoms with van der Waals surface area (Å²) >= 11 is 1.41. The lowest BCUT2D eigenvalue weighted by Crippen LogP contribution is -2.35. The van der Waals surface area contributed by atoms with Gasteiger partial charge in [-0.15, -0.1) is 0 Å². The number of benzene rings is 1. The second kappa shape index (κ2) is 8.52. The predicted octanol–water partition coefficient (Wildman–Crippen LogP) is 3.85. The molecule has 5 nitrogen and oxygen atoms in total. The number of anilines is 1. The normalized spacial score (nSPS) is 16.6. The highest BCUT2D eigenvalue weighted by Gasteiger charge is 2.19. The van der Waals surface area contributed by atoms with Crippen LogP contribution in [0.5, 0.6) is 0 Å². The number of hydrogen-bond acceptors (Lipinski definition) is 5. The molecule has 3 rings (SSSR count). The average Bonchev–Trinajstić information content (AvgIpc) is 2.66. The van der Waals surface area contributed by atoms with E-state index in [1.165, 1.54) is 43.9 Å². The van der Waals surface area contributed by atoms with Crippen LogP contribution in [0.25, 0.3) is 10.9 Å². The van der Waals surface area contributed by atoms with Crippen LogP contribution in [0, 0.1) is 5.92 Å². The number of hydrogen-bond donors (Lipinski definition) is 2. The lowest BCUT2D eigenvalue weighted by molar-refractivity contribution is -0.120. The maximum absolute atomic E-state index is 12.4. The largest absolute Gasteiger partial charge is 0.372 e. The molecule has 1 saturated carbocycles. The third-order valence-electron chi connectivity index (χ3n) is 4.76. The minimum Gasteiger partial charge on any atom is -0.372 e. The Balaban J connectivity index is 1.62. The van der Waals surface area contributed by atoms with Gasteiger partial charge in [0.1, 0.15) is 5.82 Å². The summed E-state index contributed by atoms with van der Waals surface area (Å²) in [5, 5.41) is 7.63. The average molecular weight is 359 g/mol. The van der Waals surface area contributed by atoms with Crippen molar-refractivity contribution in [3.63, 3.8) is 0 Å². The Kier molecular flexibility index (Phi) is 6.13. The number of nitrogens with one attached hydrogen (secondary N) is 2. The summed E-state index contributed by atoms with van der Waals surface area (Å²) in [6.45, 7) is 2.71. The van der Waals surface area contributed by atoms with Crippen LogP contribution in [-0.2, 0) is 4.79 Å². The second-order valence-corrected chi connectivity index (χ2v) is 7.94. The Morgan fingerprint density at radius 1 is 1.24 bits per heavy atom. The molecule has 1 aromatic heterocycles. The lowest BCUT2D eigenvalue weighted by Gasteiger charge is -2.22. The number of aromatic nitrogens is 2. The molecule has 1 atom stereocenters. The van der Waals surface area contributed by atoms with Gasteiger partial charge in [-0.2, -0.15) is 0 Å². The number of rotatable bonds is 6. The molecule has 1 aliphatic rings. The van der Waals surface area contributed by atoms with E-state index in [9.17, 15) is 4.79 Å². The zero-order valence-corrected chi connectivity index (χ0v) is 15.7. The zero-order valence-electron chi connectivity index (χ0n) is 14.9. The molecule has 25 heavy (non-hydrogen) atoms. The maximum atomic E-state index is 12.4. The van der Waals surface area contributed by atoms with Crippen molar-refractivity contribution >= 4 is 34.4 Å².